The number of nitrogens with zero attached hydrogens (tertiary/aromatic N) is 1. The lowest BCUT2D eigenvalue weighted by Crippen LogP contribution is -2.10. The van der Waals surface area contributed by atoms with E-state index < -0.39 is 0 Å². The van der Waals surface area contributed by atoms with Crippen LogP contribution in [-0.2, 0) is 11.8 Å². The van der Waals surface area contributed by atoms with Gasteiger partial charge < -0.3 is 4.98 Å². The Balaban J connectivity index is 2.52. The minimum atomic E-state index is 0.282. The second-order valence-electron chi connectivity index (χ2n) is 4.41. The first-order valence-electron chi connectivity index (χ1n) is 5.17. The highest BCUT2D eigenvalue weighted by Gasteiger charge is 2.41. The van der Waals surface area contributed by atoms with Crippen LogP contribution in [0.2, 0.25) is 0 Å². The molecular formula is C11H16N2S. The van der Waals surface area contributed by atoms with E-state index in [2.05, 4.69) is 30.7 Å². The number of hydrogen-bond acceptors (Lipinski definition) is 2. The van der Waals surface area contributed by atoms with Gasteiger partial charge in [0.2, 0.25) is 0 Å². The predicted molar refractivity (Wildman–Crippen MR) is 60.1 cm³/mol. The average molecular weight is 208 g/mol. The summed E-state index contributed by atoms with van der Waals surface area (Å²) in [5.74, 6) is 1.08. The van der Waals surface area contributed by atoms with Gasteiger partial charge in [0.05, 0.1) is 0 Å². The minimum Gasteiger partial charge on any atom is -0.347 e. The molecule has 1 fully saturated rings. The smallest absolute Gasteiger partial charge is 0.133 e. The molecule has 0 unspecified atom stereocenters. The normalized spacial score (nSPS) is 18.2. The van der Waals surface area contributed by atoms with Crippen LogP contribution < -0.4 is 0 Å². The van der Waals surface area contributed by atoms with E-state index in [4.69, 9.17) is 12.2 Å². The van der Waals surface area contributed by atoms with Crippen LogP contribution in [0.1, 0.15) is 43.8 Å². The SMILES string of the molecule is CCc1c(C)[nH]c(C2(C)CC2)nc1=S. The second kappa shape index (κ2) is 3.16. The largest absolute Gasteiger partial charge is 0.347 e. The van der Waals surface area contributed by atoms with Gasteiger partial charge in [0.1, 0.15) is 10.5 Å². The standard InChI is InChI=1S/C11H16N2S/c1-4-8-7(2)12-10(13-9(8)14)11(3)5-6-11/h4-6H2,1-3H3,(H,12,13,14). The molecule has 1 aliphatic rings. The summed E-state index contributed by atoms with van der Waals surface area (Å²) in [5, 5.41) is 0. The van der Waals surface area contributed by atoms with Crippen LogP contribution in [0.25, 0.3) is 0 Å². The van der Waals surface area contributed by atoms with Gasteiger partial charge in [-0.3, -0.25) is 0 Å². The van der Waals surface area contributed by atoms with Crippen molar-refractivity contribution in [2.75, 3.05) is 0 Å². The summed E-state index contributed by atoms with van der Waals surface area (Å²) in [4.78, 5) is 7.89. The van der Waals surface area contributed by atoms with Gasteiger partial charge in [-0.1, -0.05) is 26.1 Å². The van der Waals surface area contributed by atoms with Gasteiger partial charge in [-0.2, -0.15) is 0 Å². The first kappa shape index (κ1) is 9.84. The Bertz CT molecular complexity index is 416. The van der Waals surface area contributed by atoms with Crippen LogP contribution in [0.5, 0.6) is 0 Å². The minimum absolute atomic E-state index is 0.282. The summed E-state index contributed by atoms with van der Waals surface area (Å²) in [6.07, 6.45) is 3.43. The number of aryl methyl sites for hydroxylation is 1. The third kappa shape index (κ3) is 1.50. The molecule has 1 heterocycles. The quantitative estimate of drug-likeness (QED) is 0.757. The molecule has 2 nitrogen and oxygen atoms in total. The Kier molecular flexibility index (Phi) is 2.22. The molecule has 1 aromatic heterocycles. The Morgan fingerprint density at radius 1 is 1.50 bits per heavy atom. The molecule has 0 aliphatic heterocycles. The molecule has 2 rings (SSSR count). The van der Waals surface area contributed by atoms with Crippen molar-refractivity contribution in [3.63, 3.8) is 0 Å². The molecule has 76 valence electrons. The first-order valence-corrected chi connectivity index (χ1v) is 5.58. The summed E-state index contributed by atoms with van der Waals surface area (Å²) in [7, 11) is 0. The number of hydrogen-bond donors (Lipinski definition) is 1. The fourth-order valence-corrected chi connectivity index (χ4v) is 2.13. The van der Waals surface area contributed by atoms with E-state index in [0.29, 0.717) is 0 Å². The molecule has 14 heavy (non-hydrogen) atoms. The molecule has 1 aromatic rings. The molecule has 0 atom stereocenters. The molecule has 3 heteroatoms. The lowest BCUT2D eigenvalue weighted by Gasteiger charge is -2.11. The lowest BCUT2D eigenvalue weighted by atomic mass is 10.1. The van der Waals surface area contributed by atoms with E-state index in [9.17, 15) is 0 Å². The third-order valence-electron chi connectivity index (χ3n) is 3.16. The van der Waals surface area contributed by atoms with E-state index in [1.807, 2.05) is 0 Å². The monoisotopic (exact) mass is 208 g/mol. The number of H-pyrrole nitrogens is 1. The summed E-state index contributed by atoms with van der Waals surface area (Å²) in [6, 6.07) is 0. The molecule has 0 bridgehead atoms. The number of nitrogens with one attached hydrogen (secondary N) is 1. The molecule has 1 aliphatic carbocycles. The molecule has 0 amide bonds. The average Bonchev–Trinajstić information content (AvgIpc) is 2.84. The van der Waals surface area contributed by atoms with Crippen molar-refractivity contribution in [3.05, 3.63) is 21.7 Å². The highest BCUT2D eigenvalue weighted by Crippen LogP contribution is 2.45. The highest BCUT2D eigenvalue weighted by molar-refractivity contribution is 7.71. The van der Waals surface area contributed by atoms with Gasteiger partial charge in [-0.05, 0) is 26.2 Å². The molecule has 0 saturated heterocycles. The maximum Gasteiger partial charge on any atom is 0.133 e. The van der Waals surface area contributed by atoms with Gasteiger partial charge in [0.15, 0.2) is 0 Å². The van der Waals surface area contributed by atoms with E-state index in [1.165, 1.54) is 24.1 Å². The summed E-state index contributed by atoms with van der Waals surface area (Å²) in [6.45, 7) is 6.45. The van der Waals surface area contributed by atoms with Crippen LogP contribution in [0.4, 0.5) is 0 Å². The maximum atomic E-state index is 5.29. The van der Waals surface area contributed by atoms with E-state index in [1.54, 1.807) is 0 Å². The summed E-state index contributed by atoms with van der Waals surface area (Å²) >= 11 is 5.29. The Hall–Kier alpha value is -0.700. The van der Waals surface area contributed by atoms with Crippen molar-refractivity contribution >= 4 is 12.2 Å². The highest BCUT2D eigenvalue weighted by atomic mass is 32.1. The van der Waals surface area contributed by atoms with Gasteiger partial charge >= 0.3 is 0 Å². The summed E-state index contributed by atoms with van der Waals surface area (Å²) < 4.78 is 0.784. The second-order valence-corrected chi connectivity index (χ2v) is 4.80. The van der Waals surface area contributed by atoms with Gasteiger partial charge in [-0.15, -0.1) is 0 Å². The van der Waals surface area contributed by atoms with Gasteiger partial charge in [0, 0.05) is 16.7 Å². The molecule has 1 saturated carbocycles. The fraction of sp³-hybridized carbons (Fsp3) is 0.636. The van der Waals surface area contributed by atoms with Crippen LogP contribution in [-0.4, -0.2) is 9.97 Å². The molecule has 0 aromatic carbocycles. The van der Waals surface area contributed by atoms with Crippen molar-refractivity contribution in [1.29, 1.82) is 0 Å². The van der Waals surface area contributed by atoms with Crippen molar-refractivity contribution < 1.29 is 0 Å². The number of aromatic nitrogens is 2. The number of rotatable bonds is 2. The van der Waals surface area contributed by atoms with Crippen molar-refractivity contribution in [1.82, 2.24) is 9.97 Å². The Labute approximate surface area is 89.8 Å². The zero-order valence-corrected chi connectivity index (χ0v) is 9.79. The topological polar surface area (TPSA) is 28.7 Å². The van der Waals surface area contributed by atoms with Crippen LogP contribution in [0.15, 0.2) is 0 Å². The van der Waals surface area contributed by atoms with Crippen LogP contribution >= 0.6 is 12.2 Å². The number of aromatic amines is 1. The Morgan fingerprint density at radius 2 is 2.14 bits per heavy atom. The van der Waals surface area contributed by atoms with Crippen molar-refractivity contribution in [2.24, 2.45) is 0 Å². The Morgan fingerprint density at radius 3 is 2.57 bits per heavy atom. The lowest BCUT2D eigenvalue weighted by molar-refractivity contribution is 0.695. The van der Waals surface area contributed by atoms with Gasteiger partial charge in [0.25, 0.3) is 0 Å². The molecule has 0 spiro atoms. The third-order valence-corrected chi connectivity index (χ3v) is 3.49. The molecule has 1 N–H and O–H groups in total. The zero-order chi connectivity index (χ0) is 10.3. The van der Waals surface area contributed by atoms with Gasteiger partial charge in [-0.25, -0.2) is 4.98 Å². The fourth-order valence-electron chi connectivity index (χ4n) is 1.74. The molecular weight excluding hydrogens is 192 g/mol. The maximum absolute atomic E-state index is 5.29. The molecule has 0 radical (unpaired) electrons. The zero-order valence-electron chi connectivity index (χ0n) is 8.98. The van der Waals surface area contributed by atoms with E-state index >= 15 is 0 Å². The van der Waals surface area contributed by atoms with Crippen molar-refractivity contribution in [2.45, 2.75) is 45.4 Å². The van der Waals surface area contributed by atoms with Crippen molar-refractivity contribution in [3.8, 4) is 0 Å². The first-order chi connectivity index (χ1) is 6.57. The van der Waals surface area contributed by atoms with E-state index in [0.717, 1.165) is 16.9 Å². The summed E-state index contributed by atoms with van der Waals surface area (Å²) in [5.41, 5.74) is 2.66. The van der Waals surface area contributed by atoms with E-state index in [-0.39, 0.29) is 5.41 Å². The van der Waals surface area contributed by atoms with Crippen LogP contribution in [0, 0.1) is 11.6 Å². The van der Waals surface area contributed by atoms with Crippen LogP contribution in [0.3, 0.4) is 0 Å². The predicted octanol–water partition coefficient (Wildman–Crippen LogP) is 3.06.